The fourth-order valence-electron chi connectivity index (χ4n) is 2.19. The van der Waals surface area contributed by atoms with E-state index < -0.39 is 23.1 Å². The molecule has 0 saturated carbocycles. The highest BCUT2D eigenvalue weighted by atomic mass is 19.1. The molecule has 21 heavy (non-hydrogen) atoms. The molecule has 0 spiro atoms. The predicted octanol–water partition coefficient (Wildman–Crippen LogP) is 2.90. The van der Waals surface area contributed by atoms with Crippen LogP contribution in [-0.2, 0) is 0 Å². The molecule has 1 heterocycles. The monoisotopic (exact) mass is 288 g/mol. The number of anilines is 1. The Morgan fingerprint density at radius 2 is 1.81 bits per heavy atom. The number of nitrogens with two attached hydrogens (primary N) is 1. The molecule has 0 fully saturated rings. The van der Waals surface area contributed by atoms with Crippen molar-refractivity contribution in [2.45, 2.75) is 0 Å². The average Bonchev–Trinajstić information content (AvgIpc) is 2.74. The van der Waals surface area contributed by atoms with Crippen molar-refractivity contribution in [3.8, 4) is 11.8 Å². The highest BCUT2D eigenvalue weighted by Gasteiger charge is 2.20. The molecule has 4 nitrogen and oxygen atoms in total. The van der Waals surface area contributed by atoms with Crippen LogP contribution in [0.3, 0.4) is 0 Å². The van der Waals surface area contributed by atoms with Crippen molar-refractivity contribution >= 4 is 17.0 Å². The second-order valence-corrected chi connectivity index (χ2v) is 4.31. The van der Waals surface area contributed by atoms with Crippen molar-refractivity contribution < 1.29 is 13.2 Å². The summed E-state index contributed by atoms with van der Waals surface area (Å²) in [5.74, 6) is -3.45. The Labute approximate surface area is 116 Å². The van der Waals surface area contributed by atoms with Crippen molar-refractivity contribution in [2.75, 3.05) is 5.73 Å². The lowest BCUT2D eigenvalue weighted by Crippen LogP contribution is -2.06. The average molecular weight is 288 g/mol. The molecule has 0 saturated heterocycles. The number of nitriles is 1. The first-order chi connectivity index (χ1) is 10.0. The van der Waals surface area contributed by atoms with Crippen LogP contribution < -0.4 is 5.73 Å². The van der Waals surface area contributed by atoms with Gasteiger partial charge in [0.25, 0.3) is 0 Å². The first-order valence-corrected chi connectivity index (χ1v) is 5.85. The third-order valence-corrected chi connectivity index (χ3v) is 3.04. The molecule has 0 aliphatic heterocycles. The summed E-state index contributed by atoms with van der Waals surface area (Å²) >= 11 is 0. The van der Waals surface area contributed by atoms with Gasteiger partial charge < -0.3 is 5.73 Å². The smallest absolute Gasteiger partial charge is 0.206 e. The summed E-state index contributed by atoms with van der Waals surface area (Å²) < 4.78 is 41.8. The molecule has 104 valence electrons. The lowest BCUT2D eigenvalue weighted by atomic mass is 10.2. The number of para-hydroxylation sites is 1. The molecule has 0 amide bonds. The maximum atomic E-state index is 13.9. The number of fused-ring (bicyclic) bond motifs is 1. The number of aromatic nitrogens is 2. The van der Waals surface area contributed by atoms with Crippen molar-refractivity contribution in [2.24, 2.45) is 0 Å². The first-order valence-electron chi connectivity index (χ1n) is 5.85. The van der Waals surface area contributed by atoms with Gasteiger partial charge in [0.15, 0.2) is 11.6 Å². The van der Waals surface area contributed by atoms with Crippen LogP contribution >= 0.6 is 0 Å². The van der Waals surface area contributed by atoms with Crippen LogP contribution in [0.4, 0.5) is 19.1 Å². The molecule has 1 aromatic heterocycles. The summed E-state index contributed by atoms with van der Waals surface area (Å²) in [5, 5.41) is 9.01. The van der Waals surface area contributed by atoms with Gasteiger partial charge in [-0.3, -0.25) is 4.57 Å². The van der Waals surface area contributed by atoms with Gasteiger partial charge in [-0.25, -0.2) is 18.2 Å². The number of benzene rings is 2. The molecule has 0 unspecified atom stereocenters. The van der Waals surface area contributed by atoms with E-state index in [1.165, 1.54) is 18.2 Å². The molecule has 2 N–H and O–H groups in total. The zero-order chi connectivity index (χ0) is 15.1. The summed E-state index contributed by atoms with van der Waals surface area (Å²) in [6, 6.07) is 7.59. The van der Waals surface area contributed by atoms with Crippen LogP contribution in [0.1, 0.15) is 5.56 Å². The van der Waals surface area contributed by atoms with Gasteiger partial charge in [-0.05, 0) is 12.1 Å². The minimum Gasteiger partial charge on any atom is -0.369 e. The highest BCUT2D eigenvalue weighted by molar-refractivity contribution is 5.85. The summed E-state index contributed by atoms with van der Waals surface area (Å²) in [6.07, 6.45) is 0. The van der Waals surface area contributed by atoms with Crippen LogP contribution in [0.5, 0.6) is 0 Å². The van der Waals surface area contributed by atoms with Crippen molar-refractivity contribution in [1.82, 2.24) is 9.55 Å². The van der Waals surface area contributed by atoms with Gasteiger partial charge in [-0.1, -0.05) is 6.07 Å². The van der Waals surface area contributed by atoms with E-state index >= 15 is 0 Å². The molecule has 0 atom stereocenters. The molecule has 0 radical (unpaired) electrons. The van der Waals surface area contributed by atoms with E-state index in [0.29, 0.717) is 12.1 Å². The normalized spacial score (nSPS) is 10.8. The van der Waals surface area contributed by atoms with Gasteiger partial charge >= 0.3 is 0 Å². The van der Waals surface area contributed by atoms with Crippen LogP contribution in [0, 0.1) is 28.8 Å². The maximum absolute atomic E-state index is 13.9. The second-order valence-electron chi connectivity index (χ2n) is 4.31. The zero-order valence-corrected chi connectivity index (χ0v) is 10.4. The Bertz CT molecular complexity index is 885. The Balaban J connectivity index is 2.42. The van der Waals surface area contributed by atoms with Gasteiger partial charge in [0, 0.05) is 12.1 Å². The minimum absolute atomic E-state index is 0.197. The van der Waals surface area contributed by atoms with E-state index in [-0.39, 0.29) is 22.5 Å². The van der Waals surface area contributed by atoms with Gasteiger partial charge in [0.05, 0.1) is 11.1 Å². The summed E-state index contributed by atoms with van der Waals surface area (Å²) in [7, 11) is 0. The predicted molar refractivity (Wildman–Crippen MR) is 70.1 cm³/mol. The fourth-order valence-corrected chi connectivity index (χ4v) is 2.19. The number of nitrogen functional groups attached to an aromatic ring is 1. The van der Waals surface area contributed by atoms with Crippen molar-refractivity contribution in [3.63, 3.8) is 0 Å². The van der Waals surface area contributed by atoms with Crippen LogP contribution in [0.15, 0.2) is 30.3 Å². The minimum atomic E-state index is -1.11. The van der Waals surface area contributed by atoms with E-state index in [0.717, 1.165) is 4.57 Å². The Morgan fingerprint density at radius 3 is 2.43 bits per heavy atom. The largest absolute Gasteiger partial charge is 0.369 e. The van der Waals surface area contributed by atoms with Crippen molar-refractivity contribution in [1.29, 1.82) is 5.26 Å². The molecule has 0 aliphatic carbocycles. The van der Waals surface area contributed by atoms with Crippen molar-refractivity contribution in [3.05, 3.63) is 53.3 Å². The molecule has 3 rings (SSSR count). The molecule has 3 aromatic rings. The lowest BCUT2D eigenvalue weighted by Gasteiger charge is -2.09. The van der Waals surface area contributed by atoms with Gasteiger partial charge in [-0.2, -0.15) is 5.26 Å². The van der Waals surface area contributed by atoms with Crippen LogP contribution in [0.2, 0.25) is 0 Å². The topological polar surface area (TPSA) is 67.6 Å². The third-order valence-electron chi connectivity index (χ3n) is 3.04. The number of rotatable bonds is 1. The van der Waals surface area contributed by atoms with E-state index in [1.54, 1.807) is 0 Å². The lowest BCUT2D eigenvalue weighted by molar-refractivity contribution is 0.536. The second kappa shape index (κ2) is 4.52. The standard InChI is InChI=1S/C14H7F3N4/c15-8-4-9(16)13(10(17)5-8)21-11-3-1-2-7(6-18)12(11)20-14(21)19/h1-5H,(H2,19,20). The highest BCUT2D eigenvalue weighted by Crippen LogP contribution is 2.28. The Kier molecular flexibility index (Phi) is 2.80. The van der Waals surface area contributed by atoms with E-state index in [9.17, 15) is 13.2 Å². The summed E-state index contributed by atoms with van der Waals surface area (Å²) in [5.41, 5.74) is 5.87. The van der Waals surface area contributed by atoms with E-state index in [4.69, 9.17) is 11.0 Å². The fraction of sp³-hybridized carbons (Fsp3) is 0. The van der Waals surface area contributed by atoms with Gasteiger partial charge in [0.1, 0.15) is 23.1 Å². The molecular weight excluding hydrogens is 281 g/mol. The number of imidazole rings is 1. The third kappa shape index (κ3) is 1.89. The molecule has 2 aromatic carbocycles. The molecular formula is C14H7F3N4. The molecule has 7 heteroatoms. The van der Waals surface area contributed by atoms with Crippen LogP contribution in [0.25, 0.3) is 16.7 Å². The number of nitrogens with zero attached hydrogens (tertiary/aromatic N) is 3. The van der Waals surface area contributed by atoms with Gasteiger partial charge in [-0.15, -0.1) is 0 Å². The number of halogens is 3. The maximum Gasteiger partial charge on any atom is 0.206 e. The SMILES string of the molecule is N#Cc1cccc2c1nc(N)n2-c1c(F)cc(F)cc1F. The van der Waals surface area contributed by atoms with E-state index in [1.807, 2.05) is 6.07 Å². The molecule has 0 aliphatic rings. The van der Waals surface area contributed by atoms with Crippen LogP contribution in [-0.4, -0.2) is 9.55 Å². The first kappa shape index (κ1) is 13.0. The summed E-state index contributed by atoms with van der Waals surface area (Å²) in [6.45, 7) is 0. The van der Waals surface area contributed by atoms with Gasteiger partial charge in [0.2, 0.25) is 5.95 Å². The molecule has 0 bridgehead atoms. The Morgan fingerprint density at radius 1 is 1.14 bits per heavy atom. The zero-order valence-electron chi connectivity index (χ0n) is 10.4. The van der Waals surface area contributed by atoms with E-state index in [2.05, 4.69) is 4.98 Å². The number of hydrogen-bond acceptors (Lipinski definition) is 3. The Hall–Kier alpha value is -3.01. The number of hydrogen-bond donors (Lipinski definition) is 1. The summed E-state index contributed by atoms with van der Waals surface area (Å²) in [4.78, 5) is 3.96. The quantitative estimate of drug-likeness (QED) is 0.748.